The zero-order chi connectivity index (χ0) is 11.9. The molecule has 0 aromatic rings. The highest BCUT2D eigenvalue weighted by atomic mass is 16.5. The molecule has 2 heterocycles. The van der Waals surface area contributed by atoms with Crippen molar-refractivity contribution in [3.05, 3.63) is 0 Å². The molecule has 2 aliphatic heterocycles. The van der Waals surface area contributed by atoms with E-state index in [0.29, 0.717) is 0 Å². The molecule has 2 rings (SSSR count). The van der Waals surface area contributed by atoms with Crippen molar-refractivity contribution in [2.75, 3.05) is 65.6 Å². The van der Waals surface area contributed by atoms with Crippen LogP contribution in [0.15, 0.2) is 0 Å². The van der Waals surface area contributed by atoms with Crippen molar-refractivity contribution in [2.24, 2.45) is 5.92 Å². The summed E-state index contributed by atoms with van der Waals surface area (Å²) >= 11 is 0. The maximum atomic E-state index is 5.37. The first-order chi connectivity index (χ1) is 8.38. The monoisotopic (exact) mass is 241 g/mol. The molecule has 0 saturated carbocycles. The highest BCUT2D eigenvalue weighted by Crippen LogP contribution is 2.15. The Hall–Kier alpha value is -0.160. The van der Waals surface area contributed by atoms with Crippen LogP contribution in [0.2, 0.25) is 0 Å². The molecule has 2 saturated heterocycles. The molecule has 0 aromatic heterocycles. The first kappa shape index (κ1) is 13.3. The van der Waals surface area contributed by atoms with Crippen LogP contribution in [0.5, 0.6) is 0 Å². The molecule has 0 radical (unpaired) electrons. The molecule has 4 heteroatoms. The second-order valence-corrected chi connectivity index (χ2v) is 5.22. The zero-order valence-electron chi connectivity index (χ0n) is 11.2. The third-order valence-electron chi connectivity index (χ3n) is 3.89. The van der Waals surface area contributed by atoms with Crippen LogP contribution in [-0.4, -0.2) is 75.4 Å². The normalized spacial score (nSPS) is 27.7. The van der Waals surface area contributed by atoms with E-state index in [-0.39, 0.29) is 0 Å². The Bertz CT molecular complexity index is 207. The lowest BCUT2D eigenvalue weighted by Crippen LogP contribution is -2.41. The van der Waals surface area contributed by atoms with E-state index in [1.54, 1.807) is 0 Å². The smallest absolute Gasteiger partial charge is 0.0594 e. The van der Waals surface area contributed by atoms with Crippen molar-refractivity contribution in [2.45, 2.75) is 13.3 Å². The highest BCUT2D eigenvalue weighted by molar-refractivity contribution is 4.78. The molecule has 0 aromatic carbocycles. The van der Waals surface area contributed by atoms with Crippen molar-refractivity contribution in [1.82, 2.24) is 15.1 Å². The fourth-order valence-corrected chi connectivity index (χ4v) is 2.74. The molecule has 4 nitrogen and oxygen atoms in total. The van der Waals surface area contributed by atoms with Crippen LogP contribution in [0, 0.1) is 5.92 Å². The van der Waals surface area contributed by atoms with Gasteiger partial charge in [-0.25, -0.2) is 0 Å². The van der Waals surface area contributed by atoms with Gasteiger partial charge in [-0.05, 0) is 32.0 Å². The van der Waals surface area contributed by atoms with Crippen LogP contribution in [-0.2, 0) is 4.74 Å². The van der Waals surface area contributed by atoms with Gasteiger partial charge in [0.25, 0.3) is 0 Å². The summed E-state index contributed by atoms with van der Waals surface area (Å²) in [6, 6.07) is 0. The predicted molar refractivity (Wildman–Crippen MR) is 70.3 cm³/mol. The van der Waals surface area contributed by atoms with E-state index in [1.165, 1.54) is 39.1 Å². The van der Waals surface area contributed by atoms with Crippen LogP contribution in [0.25, 0.3) is 0 Å². The second-order valence-electron chi connectivity index (χ2n) is 5.22. The molecule has 0 bridgehead atoms. The van der Waals surface area contributed by atoms with Crippen LogP contribution >= 0.6 is 0 Å². The van der Waals surface area contributed by atoms with Gasteiger partial charge in [0.15, 0.2) is 0 Å². The summed E-state index contributed by atoms with van der Waals surface area (Å²) in [6.45, 7) is 13.6. The summed E-state index contributed by atoms with van der Waals surface area (Å²) in [5, 5.41) is 3.46. The van der Waals surface area contributed by atoms with Crippen molar-refractivity contribution < 1.29 is 4.74 Å². The summed E-state index contributed by atoms with van der Waals surface area (Å²) < 4.78 is 5.37. The SMILES string of the molecule is CCNCC1CCN(CCN2CCOCC2)C1. The Morgan fingerprint density at radius 3 is 2.65 bits per heavy atom. The van der Waals surface area contributed by atoms with Gasteiger partial charge in [0.1, 0.15) is 0 Å². The van der Waals surface area contributed by atoms with E-state index in [0.717, 1.165) is 38.8 Å². The average Bonchev–Trinajstić information content (AvgIpc) is 2.83. The third kappa shape index (κ3) is 4.54. The highest BCUT2D eigenvalue weighted by Gasteiger charge is 2.22. The number of likely N-dealkylation sites (tertiary alicyclic amines) is 1. The van der Waals surface area contributed by atoms with Crippen molar-refractivity contribution in [3.63, 3.8) is 0 Å². The fraction of sp³-hybridized carbons (Fsp3) is 1.00. The van der Waals surface area contributed by atoms with Crippen LogP contribution in [0.3, 0.4) is 0 Å². The number of nitrogens with zero attached hydrogens (tertiary/aromatic N) is 2. The number of ether oxygens (including phenoxy) is 1. The summed E-state index contributed by atoms with van der Waals surface area (Å²) in [6.07, 6.45) is 1.37. The molecule has 1 unspecified atom stereocenters. The lowest BCUT2D eigenvalue weighted by atomic mass is 10.1. The van der Waals surface area contributed by atoms with Gasteiger partial charge in [0.2, 0.25) is 0 Å². The van der Waals surface area contributed by atoms with Gasteiger partial charge in [-0.1, -0.05) is 6.92 Å². The van der Waals surface area contributed by atoms with Crippen molar-refractivity contribution in [3.8, 4) is 0 Å². The topological polar surface area (TPSA) is 27.7 Å². The molecule has 2 fully saturated rings. The van der Waals surface area contributed by atoms with E-state index < -0.39 is 0 Å². The molecule has 1 N–H and O–H groups in total. The Balaban J connectivity index is 1.57. The number of morpholine rings is 1. The molecule has 0 spiro atoms. The molecule has 2 aliphatic rings. The molecular weight excluding hydrogens is 214 g/mol. The lowest BCUT2D eigenvalue weighted by Gasteiger charge is -2.28. The van der Waals surface area contributed by atoms with Gasteiger partial charge >= 0.3 is 0 Å². The predicted octanol–water partition coefficient (Wildman–Crippen LogP) is 0.250. The van der Waals surface area contributed by atoms with Gasteiger partial charge in [-0.15, -0.1) is 0 Å². The average molecular weight is 241 g/mol. The van der Waals surface area contributed by atoms with Crippen molar-refractivity contribution >= 4 is 0 Å². The molecule has 0 amide bonds. The van der Waals surface area contributed by atoms with Gasteiger partial charge < -0.3 is 15.0 Å². The molecule has 0 aliphatic carbocycles. The fourth-order valence-electron chi connectivity index (χ4n) is 2.74. The Kier molecular flexibility index (Phi) is 5.71. The minimum atomic E-state index is 0.875. The summed E-state index contributed by atoms with van der Waals surface area (Å²) in [4.78, 5) is 5.15. The largest absolute Gasteiger partial charge is 0.379 e. The Morgan fingerprint density at radius 1 is 1.12 bits per heavy atom. The zero-order valence-corrected chi connectivity index (χ0v) is 11.2. The summed E-state index contributed by atoms with van der Waals surface area (Å²) in [7, 11) is 0. The molecule has 1 atom stereocenters. The number of nitrogens with one attached hydrogen (secondary N) is 1. The van der Waals surface area contributed by atoms with Crippen LogP contribution in [0.4, 0.5) is 0 Å². The van der Waals surface area contributed by atoms with E-state index in [4.69, 9.17) is 4.74 Å². The summed E-state index contributed by atoms with van der Waals surface area (Å²) in [5.41, 5.74) is 0. The number of hydrogen-bond donors (Lipinski definition) is 1. The van der Waals surface area contributed by atoms with E-state index in [9.17, 15) is 0 Å². The maximum Gasteiger partial charge on any atom is 0.0594 e. The molecule has 17 heavy (non-hydrogen) atoms. The molecular formula is C13H27N3O. The Morgan fingerprint density at radius 2 is 1.88 bits per heavy atom. The first-order valence-corrected chi connectivity index (χ1v) is 7.11. The minimum absolute atomic E-state index is 0.875. The van der Waals surface area contributed by atoms with E-state index in [2.05, 4.69) is 22.0 Å². The summed E-state index contributed by atoms with van der Waals surface area (Å²) in [5.74, 6) is 0.875. The van der Waals surface area contributed by atoms with Crippen LogP contribution in [0.1, 0.15) is 13.3 Å². The first-order valence-electron chi connectivity index (χ1n) is 7.11. The standard InChI is InChI=1S/C13H27N3O/c1-2-14-11-13-3-4-16(12-13)6-5-15-7-9-17-10-8-15/h13-14H,2-12H2,1H3. The lowest BCUT2D eigenvalue weighted by molar-refractivity contribution is 0.0342. The van der Waals surface area contributed by atoms with Gasteiger partial charge in [0.05, 0.1) is 13.2 Å². The third-order valence-corrected chi connectivity index (χ3v) is 3.89. The van der Waals surface area contributed by atoms with E-state index in [1.807, 2.05) is 0 Å². The second kappa shape index (κ2) is 7.31. The van der Waals surface area contributed by atoms with Gasteiger partial charge in [0, 0.05) is 32.7 Å². The van der Waals surface area contributed by atoms with Crippen LogP contribution < -0.4 is 5.32 Å². The quantitative estimate of drug-likeness (QED) is 0.721. The minimum Gasteiger partial charge on any atom is -0.379 e. The number of rotatable bonds is 6. The maximum absolute atomic E-state index is 5.37. The van der Waals surface area contributed by atoms with Gasteiger partial charge in [-0.2, -0.15) is 0 Å². The van der Waals surface area contributed by atoms with E-state index >= 15 is 0 Å². The Labute approximate surface area is 105 Å². The molecule has 100 valence electrons. The van der Waals surface area contributed by atoms with Gasteiger partial charge in [-0.3, -0.25) is 4.90 Å². The number of hydrogen-bond acceptors (Lipinski definition) is 4. The van der Waals surface area contributed by atoms with Crippen molar-refractivity contribution in [1.29, 1.82) is 0 Å².